The van der Waals surface area contributed by atoms with Crippen LogP contribution in [0.2, 0.25) is 0 Å². The molecule has 1 saturated heterocycles. The van der Waals surface area contributed by atoms with Gasteiger partial charge in [0.05, 0.1) is 11.6 Å². The van der Waals surface area contributed by atoms with Crippen molar-refractivity contribution in [3.05, 3.63) is 21.6 Å². The van der Waals surface area contributed by atoms with Crippen molar-refractivity contribution >= 4 is 27.4 Å². The van der Waals surface area contributed by atoms with Gasteiger partial charge in [-0.3, -0.25) is 9.59 Å². The molecule has 2 aliphatic rings. The van der Waals surface area contributed by atoms with Gasteiger partial charge >= 0.3 is 5.97 Å². The first-order valence-electron chi connectivity index (χ1n) is 8.03. The van der Waals surface area contributed by atoms with E-state index in [1.807, 2.05) is 0 Å². The first-order valence-corrected chi connectivity index (χ1v) is 8.84. The molecule has 2 aromatic rings. The van der Waals surface area contributed by atoms with Gasteiger partial charge in [0.25, 0.3) is 5.56 Å². The average Bonchev–Trinajstić information content (AvgIpc) is 2.99. The highest BCUT2D eigenvalue weighted by Gasteiger charge is 2.27. The number of nitrogens with zero attached hydrogens (tertiary/aromatic N) is 4. The van der Waals surface area contributed by atoms with Gasteiger partial charge in [0.15, 0.2) is 0 Å². The van der Waals surface area contributed by atoms with Crippen LogP contribution in [0.25, 0.3) is 4.96 Å². The Labute approximate surface area is 136 Å². The van der Waals surface area contributed by atoms with Crippen LogP contribution in [0.3, 0.4) is 0 Å². The summed E-state index contributed by atoms with van der Waals surface area (Å²) in [7, 11) is 0. The van der Waals surface area contributed by atoms with E-state index in [-0.39, 0.29) is 11.5 Å². The topological polar surface area (TPSA) is 87.8 Å². The number of anilines is 1. The quantitative estimate of drug-likeness (QED) is 0.891. The molecule has 0 atom stereocenters. The Kier molecular flexibility index (Phi) is 3.56. The number of rotatable bonds is 2. The second kappa shape index (κ2) is 5.59. The third-order valence-electron chi connectivity index (χ3n) is 4.78. The van der Waals surface area contributed by atoms with Crippen molar-refractivity contribution in [1.29, 1.82) is 0 Å². The van der Waals surface area contributed by atoms with Gasteiger partial charge in [0, 0.05) is 18.7 Å². The van der Waals surface area contributed by atoms with Crippen LogP contribution in [0.15, 0.2) is 4.79 Å². The summed E-state index contributed by atoms with van der Waals surface area (Å²) in [6.07, 6.45) is 5.02. The predicted molar refractivity (Wildman–Crippen MR) is 86.3 cm³/mol. The van der Waals surface area contributed by atoms with E-state index in [9.17, 15) is 9.59 Å². The average molecular weight is 334 g/mol. The van der Waals surface area contributed by atoms with Crippen LogP contribution < -0.4 is 10.5 Å². The van der Waals surface area contributed by atoms with E-state index in [4.69, 9.17) is 5.11 Å². The summed E-state index contributed by atoms with van der Waals surface area (Å²) in [6.45, 7) is 1.32. The van der Waals surface area contributed by atoms with Gasteiger partial charge in [-0.2, -0.15) is 4.52 Å². The van der Waals surface area contributed by atoms with Gasteiger partial charge in [-0.05, 0) is 38.5 Å². The standard InChI is InChI=1S/C15H18N4O3S/c20-12-10-3-1-2-4-11(10)16-14-19(12)17-15(23-14)18-7-5-9(6-8-18)13(21)22/h9H,1-8H2,(H,21,22). The summed E-state index contributed by atoms with van der Waals surface area (Å²) in [6, 6.07) is 0. The predicted octanol–water partition coefficient (Wildman–Crippen LogP) is 1.33. The highest BCUT2D eigenvalue weighted by molar-refractivity contribution is 7.20. The molecule has 1 N–H and O–H groups in total. The van der Waals surface area contributed by atoms with E-state index in [0.717, 1.165) is 42.1 Å². The second-order valence-corrected chi connectivity index (χ2v) is 7.16. The molecule has 0 unspecified atom stereocenters. The molecule has 0 bridgehead atoms. The van der Waals surface area contributed by atoms with Crippen LogP contribution in [0.4, 0.5) is 5.13 Å². The molecule has 7 nitrogen and oxygen atoms in total. The van der Waals surface area contributed by atoms with Crippen molar-refractivity contribution in [2.45, 2.75) is 38.5 Å². The molecule has 0 saturated carbocycles. The lowest BCUT2D eigenvalue weighted by Gasteiger charge is -2.29. The molecule has 1 aliphatic heterocycles. The van der Waals surface area contributed by atoms with Gasteiger partial charge in [-0.25, -0.2) is 4.98 Å². The zero-order valence-electron chi connectivity index (χ0n) is 12.7. The minimum atomic E-state index is -0.723. The molecule has 0 radical (unpaired) electrons. The molecule has 4 rings (SSSR count). The van der Waals surface area contributed by atoms with Gasteiger partial charge < -0.3 is 10.0 Å². The molecule has 122 valence electrons. The van der Waals surface area contributed by atoms with Crippen molar-refractivity contribution < 1.29 is 9.90 Å². The number of aliphatic carboxylic acids is 1. The summed E-state index contributed by atoms with van der Waals surface area (Å²) < 4.78 is 1.42. The maximum absolute atomic E-state index is 12.6. The lowest BCUT2D eigenvalue weighted by molar-refractivity contribution is -0.142. The summed E-state index contributed by atoms with van der Waals surface area (Å²) in [5.41, 5.74) is 1.71. The molecule has 2 aromatic heterocycles. The van der Waals surface area contributed by atoms with Crippen LogP contribution >= 0.6 is 11.3 Å². The molecule has 1 fully saturated rings. The summed E-state index contributed by atoms with van der Waals surface area (Å²) in [5.74, 6) is -0.992. The van der Waals surface area contributed by atoms with Crippen molar-refractivity contribution in [1.82, 2.24) is 14.6 Å². The number of carbonyl (C=O) groups is 1. The van der Waals surface area contributed by atoms with Crippen LogP contribution in [-0.2, 0) is 17.6 Å². The molecule has 23 heavy (non-hydrogen) atoms. The zero-order chi connectivity index (χ0) is 16.0. The number of hydrogen-bond donors (Lipinski definition) is 1. The SMILES string of the molecule is O=C(O)C1CCN(c2nn3c(=O)c4c(nc3s2)CCCC4)CC1. The van der Waals surface area contributed by atoms with Gasteiger partial charge in [-0.1, -0.05) is 11.3 Å². The molecule has 0 amide bonds. The smallest absolute Gasteiger partial charge is 0.306 e. The van der Waals surface area contributed by atoms with E-state index < -0.39 is 5.97 Å². The third-order valence-corrected chi connectivity index (χ3v) is 5.75. The molecule has 8 heteroatoms. The Bertz CT molecular complexity index is 820. The molecule has 0 aromatic carbocycles. The Morgan fingerprint density at radius 2 is 1.96 bits per heavy atom. The van der Waals surface area contributed by atoms with Crippen LogP contribution in [-0.4, -0.2) is 38.8 Å². The summed E-state index contributed by atoms with van der Waals surface area (Å²) in [5, 5.41) is 14.3. The van der Waals surface area contributed by atoms with Gasteiger partial charge in [0.2, 0.25) is 10.1 Å². The largest absolute Gasteiger partial charge is 0.481 e. The first-order chi connectivity index (χ1) is 11.1. The third kappa shape index (κ3) is 2.50. The number of piperidine rings is 1. The summed E-state index contributed by atoms with van der Waals surface area (Å²) >= 11 is 1.42. The van der Waals surface area contributed by atoms with E-state index in [2.05, 4.69) is 15.0 Å². The van der Waals surface area contributed by atoms with Crippen molar-refractivity contribution in [2.75, 3.05) is 18.0 Å². The number of aromatic nitrogens is 3. The number of aryl methyl sites for hydroxylation is 1. The van der Waals surface area contributed by atoms with Crippen LogP contribution in [0.1, 0.15) is 36.9 Å². The Balaban J connectivity index is 1.66. The molecular weight excluding hydrogens is 316 g/mol. The van der Waals surface area contributed by atoms with Crippen LogP contribution in [0, 0.1) is 5.92 Å². The second-order valence-electron chi connectivity index (χ2n) is 6.23. The Morgan fingerprint density at radius 1 is 1.22 bits per heavy atom. The maximum atomic E-state index is 12.6. The minimum absolute atomic E-state index is 0.0346. The zero-order valence-corrected chi connectivity index (χ0v) is 13.5. The number of hydrogen-bond acceptors (Lipinski definition) is 6. The first kappa shape index (κ1) is 14.6. The Hall–Kier alpha value is -1.96. The van der Waals surface area contributed by atoms with Crippen molar-refractivity contribution in [3.8, 4) is 0 Å². The van der Waals surface area contributed by atoms with E-state index in [1.54, 1.807) is 0 Å². The van der Waals surface area contributed by atoms with E-state index >= 15 is 0 Å². The number of carboxylic acid groups (broad SMARTS) is 1. The fraction of sp³-hybridized carbons (Fsp3) is 0.600. The molecule has 1 aliphatic carbocycles. The highest BCUT2D eigenvalue weighted by Crippen LogP contribution is 2.28. The van der Waals surface area contributed by atoms with Gasteiger partial charge in [0.1, 0.15) is 0 Å². The number of fused-ring (bicyclic) bond motifs is 2. The molecule has 0 spiro atoms. The van der Waals surface area contributed by atoms with Crippen LogP contribution in [0.5, 0.6) is 0 Å². The van der Waals surface area contributed by atoms with E-state index in [1.165, 1.54) is 15.9 Å². The fourth-order valence-electron chi connectivity index (χ4n) is 3.41. The molecule has 3 heterocycles. The normalized spacial score (nSPS) is 19.0. The Morgan fingerprint density at radius 3 is 2.70 bits per heavy atom. The minimum Gasteiger partial charge on any atom is -0.481 e. The monoisotopic (exact) mass is 334 g/mol. The summed E-state index contributed by atoms with van der Waals surface area (Å²) in [4.78, 5) is 31.0. The van der Waals surface area contributed by atoms with E-state index in [0.29, 0.717) is 30.9 Å². The lowest BCUT2D eigenvalue weighted by Crippen LogP contribution is -2.36. The maximum Gasteiger partial charge on any atom is 0.306 e. The van der Waals surface area contributed by atoms with Gasteiger partial charge in [-0.15, -0.1) is 5.10 Å². The lowest BCUT2D eigenvalue weighted by atomic mass is 9.97. The number of carboxylic acids is 1. The molecular formula is C15H18N4O3S. The van der Waals surface area contributed by atoms with Crippen molar-refractivity contribution in [2.24, 2.45) is 5.92 Å². The highest BCUT2D eigenvalue weighted by atomic mass is 32.1. The van der Waals surface area contributed by atoms with Crippen molar-refractivity contribution in [3.63, 3.8) is 0 Å². The fourth-order valence-corrected chi connectivity index (χ4v) is 4.37.